The number of imidazole rings is 1. The fraction of sp³-hybridized carbons (Fsp3) is 0.385. The molecule has 90 valence electrons. The Hall–Kier alpha value is -1.84. The van der Waals surface area contributed by atoms with Crippen molar-refractivity contribution in [1.82, 2.24) is 9.55 Å². The van der Waals surface area contributed by atoms with E-state index in [2.05, 4.69) is 9.55 Å². The summed E-state index contributed by atoms with van der Waals surface area (Å²) in [5, 5.41) is 0. The lowest BCUT2D eigenvalue weighted by atomic mass is 10.2. The number of hydrogen-bond acceptors (Lipinski definition) is 3. The molecule has 0 atom stereocenters. The highest BCUT2D eigenvalue weighted by Gasteiger charge is 2.08. The SMILES string of the molecule is CC(=O)CN(C)c1ccc2c(c1)nc(C)n2C. The highest BCUT2D eigenvalue weighted by molar-refractivity contribution is 5.84. The minimum Gasteiger partial charge on any atom is -0.367 e. The maximum absolute atomic E-state index is 11.1. The minimum atomic E-state index is 0.157. The zero-order valence-electron chi connectivity index (χ0n) is 10.7. The molecule has 17 heavy (non-hydrogen) atoms. The number of fused-ring (bicyclic) bond motifs is 1. The number of likely N-dealkylation sites (N-methyl/N-ethyl adjacent to an activating group) is 1. The van der Waals surface area contributed by atoms with Crippen LogP contribution in [0.5, 0.6) is 0 Å². The predicted octanol–water partition coefficient (Wildman–Crippen LogP) is 1.91. The Balaban J connectivity index is 2.41. The van der Waals surface area contributed by atoms with E-state index in [4.69, 9.17) is 0 Å². The molecular formula is C13H17N3O. The van der Waals surface area contributed by atoms with Crippen LogP contribution in [-0.4, -0.2) is 28.9 Å². The van der Waals surface area contributed by atoms with Crippen LogP contribution < -0.4 is 4.90 Å². The summed E-state index contributed by atoms with van der Waals surface area (Å²) in [4.78, 5) is 17.5. The first-order chi connectivity index (χ1) is 7.99. The Bertz CT molecular complexity index is 571. The first-order valence-corrected chi connectivity index (χ1v) is 5.62. The molecule has 4 nitrogen and oxygen atoms in total. The second-order valence-corrected chi connectivity index (χ2v) is 4.45. The number of anilines is 1. The van der Waals surface area contributed by atoms with Gasteiger partial charge in [-0.25, -0.2) is 4.98 Å². The van der Waals surface area contributed by atoms with Gasteiger partial charge in [-0.1, -0.05) is 0 Å². The van der Waals surface area contributed by atoms with Crippen LogP contribution in [0.15, 0.2) is 18.2 Å². The molecule has 0 aliphatic rings. The normalized spacial score (nSPS) is 10.8. The van der Waals surface area contributed by atoms with Gasteiger partial charge >= 0.3 is 0 Å². The molecule has 0 saturated heterocycles. The highest BCUT2D eigenvalue weighted by atomic mass is 16.1. The van der Waals surface area contributed by atoms with Gasteiger partial charge in [0.1, 0.15) is 11.6 Å². The number of aryl methyl sites for hydroxylation is 2. The Morgan fingerprint density at radius 2 is 2.18 bits per heavy atom. The standard InChI is InChI=1S/C13H17N3O/c1-9(17)8-15(3)11-5-6-13-12(7-11)14-10(2)16(13)4/h5-7H,8H2,1-4H3. The monoisotopic (exact) mass is 231 g/mol. The van der Waals surface area contributed by atoms with Gasteiger partial charge in [-0.3, -0.25) is 4.79 Å². The number of hydrogen-bond donors (Lipinski definition) is 0. The lowest BCUT2D eigenvalue weighted by Crippen LogP contribution is -2.23. The summed E-state index contributed by atoms with van der Waals surface area (Å²) in [5.74, 6) is 1.15. The van der Waals surface area contributed by atoms with E-state index in [9.17, 15) is 4.79 Å². The van der Waals surface area contributed by atoms with Crippen LogP contribution in [0.25, 0.3) is 11.0 Å². The van der Waals surface area contributed by atoms with Crippen molar-refractivity contribution < 1.29 is 4.79 Å². The second-order valence-electron chi connectivity index (χ2n) is 4.45. The summed E-state index contributed by atoms with van der Waals surface area (Å²) in [6, 6.07) is 6.08. The van der Waals surface area contributed by atoms with Crippen LogP contribution in [0, 0.1) is 6.92 Å². The molecule has 2 aromatic rings. The Labute approximate surface area is 101 Å². The van der Waals surface area contributed by atoms with Gasteiger partial charge in [-0.15, -0.1) is 0 Å². The van der Waals surface area contributed by atoms with E-state index in [-0.39, 0.29) is 5.78 Å². The maximum Gasteiger partial charge on any atom is 0.149 e. The number of carbonyl (C=O) groups excluding carboxylic acids is 1. The molecular weight excluding hydrogens is 214 g/mol. The smallest absolute Gasteiger partial charge is 0.149 e. The van der Waals surface area contributed by atoms with Crippen molar-refractivity contribution in [2.45, 2.75) is 13.8 Å². The molecule has 4 heteroatoms. The zero-order valence-corrected chi connectivity index (χ0v) is 10.7. The molecule has 0 aliphatic heterocycles. The second kappa shape index (κ2) is 4.20. The van der Waals surface area contributed by atoms with Gasteiger partial charge in [0.05, 0.1) is 17.6 Å². The van der Waals surface area contributed by atoms with Crippen molar-refractivity contribution in [3.8, 4) is 0 Å². The number of aromatic nitrogens is 2. The number of ketones is 1. The average molecular weight is 231 g/mol. The summed E-state index contributed by atoms with van der Waals surface area (Å²) >= 11 is 0. The lowest BCUT2D eigenvalue weighted by molar-refractivity contribution is -0.115. The number of carbonyl (C=O) groups is 1. The maximum atomic E-state index is 11.1. The van der Waals surface area contributed by atoms with Crippen LogP contribution in [0.4, 0.5) is 5.69 Å². The Morgan fingerprint density at radius 1 is 1.47 bits per heavy atom. The van der Waals surface area contributed by atoms with Crippen LogP contribution in [0.3, 0.4) is 0 Å². The van der Waals surface area contributed by atoms with Gasteiger partial charge in [-0.05, 0) is 32.0 Å². The molecule has 0 bridgehead atoms. The number of benzene rings is 1. The van der Waals surface area contributed by atoms with Gasteiger partial charge in [-0.2, -0.15) is 0 Å². The molecule has 1 heterocycles. The molecule has 0 unspecified atom stereocenters. The molecule has 2 rings (SSSR count). The zero-order chi connectivity index (χ0) is 12.6. The van der Waals surface area contributed by atoms with E-state index >= 15 is 0 Å². The van der Waals surface area contributed by atoms with E-state index in [0.29, 0.717) is 6.54 Å². The fourth-order valence-electron chi connectivity index (χ4n) is 1.97. The number of Topliss-reactive ketones (excluding diaryl/α,β-unsaturated/α-hetero) is 1. The Kier molecular flexibility index (Phi) is 2.88. The summed E-state index contributed by atoms with van der Waals surface area (Å²) in [6.07, 6.45) is 0. The van der Waals surface area contributed by atoms with Crippen LogP contribution in [-0.2, 0) is 11.8 Å². The molecule has 1 aromatic carbocycles. The van der Waals surface area contributed by atoms with E-state index in [0.717, 1.165) is 22.5 Å². The van der Waals surface area contributed by atoms with E-state index < -0.39 is 0 Å². The molecule has 0 amide bonds. The molecule has 0 saturated carbocycles. The molecule has 0 spiro atoms. The predicted molar refractivity (Wildman–Crippen MR) is 69.4 cm³/mol. The van der Waals surface area contributed by atoms with E-state index in [1.165, 1.54) is 0 Å². The van der Waals surface area contributed by atoms with Crippen molar-refractivity contribution in [1.29, 1.82) is 0 Å². The number of rotatable bonds is 3. The van der Waals surface area contributed by atoms with Crippen molar-refractivity contribution in [2.75, 3.05) is 18.5 Å². The molecule has 0 fully saturated rings. The van der Waals surface area contributed by atoms with E-state index in [1.54, 1.807) is 6.92 Å². The molecule has 0 aliphatic carbocycles. The minimum absolute atomic E-state index is 0.157. The summed E-state index contributed by atoms with van der Waals surface area (Å²) in [6.45, 7) is 4.01. The molecule has 1 aromatic heterocycles. The largest absolute Gasteiger partial charge is 0.367 e. The highest BCUT2D eigenvalue weighted by Crippen LogP contribution is 2.21. The number of nitrogens with zero attached hydrogens (tertiary/aromatic N) is 3. The van der Waals surface area contributed by atoms with Gasteiger partial charge < -0.3 is 9.47 Å². The van der Waals surface area contributed by atoms with Crippen molar-refractivity contribution in [3.63, 3.8) is 0 Å². The summed E-state index contributed by atoms with van der Waals surface area (Å²) < 4.78 is 2.06. The van der Waals surface area contributed by atoms with Gasteiger partial charge in [0.2, 0.25) is 0 Å². The fourth-order valence-corrected chi connectivity index (χ4v) is 1.97. The van der Waals surface area contributed by atoms with E-state index in [1.807, 2.05) is 44.1 Å². The van der Waals surface area contributed by atoms with Gasteiger partial charge in [0.15, 0.2) is 0 Å². The van der Waals surface area contributed by atoms with Crippen LogP contribution in [0.1, 0.15) is 12.7 Å². The lowest BCUT2D eigenvalue weighted by Gasteiger charge is -2.17. The topological polar surface area (TPSA) is 38.1 Å². The van der Waals surface area contributed by atoms with Crippen LogP contribution in [0.2, 0.25) is 0 Å². The van der Waals surface area contributed by atoms with Crippen molar-refractivity contribution >= 4 is 22.5 Å². The molecule has 0 radical (unpaired) electrons. The summed E-state index contributed by atoms with van der Waals surface area (Å²) in [7, 11) is 3.92. The first-order valence-electron chi connectivity index (χ1n) is 5.62. The third kappa shape index (κ3) is 2.16. The summed E-state index contributed by atoms with van der Waals surface area (Å²) in [5.41, 5.74) is 3.10. The quantitative estimate of drug-likeness (QED) is 0.810. The van der Waals surface area contributed by atoms with Crippen molar-refractivity contribution in [2.24, 2.45) is 7.05 Å². The third-order valence-electron chi connectivity index (χ3n) is 2.99. The van der Waals surface area contributed by atoms with Gasteiger partial charge in [0.25, 0.3) is 0 Å². The molecule has 0 N–H and O–H groups in total. The van der Waals surface area contributed by atoms with Crippen LogP contribution >= 0.6 is 0 Å². The van der Waals surface area contributed by atoms with Crippen molar-refractivity contribution in [3.05, 3.63) is 24.0 Å². The third-order valence-corrected chi connectivity index (χ3v) is 2.99. The Morgan fingerprint density at radius 3 is 2.82 bits per heavy atom. The average Bonchev–Trinajstić information content (AvgIpc) is 2.53. The van der Waals surface area contributed by atoms with Gasteiger partial charge in [0, 0.05) is 19.8 Å². The first kappa shape index (κ1) is 11.6.